The first-order valence-corrected chi connectivity index (χ1v) is 11.9. The molecule has 4 atom stereocenters. The fraction of sp³-hybridized carbons (Fsp3) is 0.520. The van der Waals surface area contributed by atoms with Crippen LogP contribution in [0.25, 0.3) is 10.1 Å². The molecule has 160 valence electrons. The molecule has 1 aromatic heterocycles. The number of nitrogens with one attached hydrogen (secondary N) is 1. The van der Waals surface area contributed by atoms with Crippen LogP contribution in [0.3, 0.4) is 0 Å². The average Bonchev–Trinajstić information content (AvgIpc) is 3.15. The fourth-order valence-corrected chi connectivity index (χ4v) is 6.45. The summed E-state index contributed by atoms with van der Waals surface area (Å²) in [5, 5.41) is 15.2. The van der Waals surface area contributed by atoms with Crippen molar-refractivity contribution in [3.63, 3.8) is 0 Å². The minimum atomic E-state index is -0.735. The summed E-state index contributed by atoms with van der Waals surface area (Å²) in [7, 11) is 0. The molecule has 0 saturated heterocycles. The summed E-state index contributed by atoms with van der Waals surface area (Å²) in [5.74, 6) is 1.03. The number of fused-ring (bicyclic) bond motifs is 3. The quantitative estimate of drug-likeness (QED) is 0.410. The van der Waals surface area contributed by atoms with Crippen molar-refractivity contribution in [1.29, 1.82) is 0 Å². The van der Waals surface area contributed by atoms with Gasteiger partial charge in [-0.3, -0.25) is 9.59 Å². The fourth-order valence-electron chi connectivity index (χ4n) is 5.51. The van der Waals surface area contributed by atoms with Gasteiger partial charge in [0.25, 0.3) is 5.91 Å². The third-order valence-corrected chi connectivity index (χ3v) is 8.43. The van der Waals surface area contributed by atoms with Crippen LogP contribution in [-0.4, -0.2) is 23.0 Å². The van der Waals surface area contributed by atoms with Gasteiger partial charge in [-0.25, -0.2) is 0 Å². The summed E-state index contributed by atoms with van der Waals surface area (Å²) in [6, 6.07) is 8.29. The number of carboxylic acid groups (broad SMARTS) is 1. The zero-order valence-corrected chi connectivity index (χ0v) is 18.6. The number of hydrogen-bond acceptors (Lipinski definition) is 3. The van der Waals surface area contributed by atoms with Gasteiger partial charge < -0.3 is 10.4 Å². The molecule has 2 bridgehead atoms. The predicted octanol–water partition coefficient (Wildman–Crippen LogP) is 5.88. The monoisotopic (exact) mass is 425 g/mol. The van der Waals surface area contributed by atoms with Crippen molar-refractivity contribution in [1.82, 2.24) is 5.32 Å². The first kappa shape index (κ1) is 21.1. The van der Waals surface area contributed by atoms with E-state index in [-0.39, 0.29) is 23.8 Å². The zero-order chi connectivity index (χ0) is 21.3. The number of rotatable bonds is 8. The summed E-state index contributed by atoms with van der Waals surface area (Å²) < 4.78 is 1.15. The van der Waals surface area contributed by atoms with Gasteiger partial charge in [0, 0.05) is 27.9 Å². The first-order valence-electron chi connectivity index (χ1n) is 11.0. The van der Waals surface area contributed by atoms with Crippen LogP contribution in [0.5, 0.6) is 0 Å². The molecule has 1 aromatic carbocycles. The number of hydrogen-bond donors (Lipinski definition) is 2. The molecule has 0 spiro atoms. The van der Waals surface area contributed by atoms with E-state index in [0.717, 1.165) is 40.8 Å². The van der Waals surface area contributed by atoms with Gasteiger partial charge in [0.1, 0.15) is 0 Å². The van der Waals surface area contributed by atoms with Gasteiger partial charge >= 0.3 is 5.97 Å². The van der Waals surface area contributed by atoms with Gasteiger partial charge in [-0.15, -0.1) is 11.3 Å². The summed E-state index contributed by atoms with van der Waals surface area (Å²) in [4.78, 5) is 23.9. The lowest BCUT2D eigenvalue weighted by molar-refractivity contribution is -0.137. The van der Waals surface area contributed by atoms with Gasteiger partial charge in [-0.1, -0.05) is 44.2 Å². The number of unbranched alkanes of at least 4 members (excludes halogenated alkanes) is 1. The highest BCUT2D eigenvalue weighted by atomic mass is 32.1. The van der Waals surface area contributed by atoms with Crippen molar-refractivity contribution in [2.75, 3.05) is 0 Å². The second-order valence-corrected chi connectivity index (χ2v) is 10.4. The van der Waals surface area contributed by atoms with Gasteiger partial charge in [-0.05, 0) is 61.3 Å². The van der Waals surface area contributed by atoms with Crippen LogP contribution < -0.4 is 5.32 Å². The Morgan fingerprint density at radius 1 is 1.23 bits per heavy atom. The molecule has 2 N–H and O–H groups in total. The molecule has 1 amide bonds. The lowest BCUT2D eigenvalue weighted by Gasteiger charge is -2.62. The standard InChI is InChI=1S/C25H31NO3S/c1-25(2)17-13-16(9-5-3-4-6-12-22(27)28)23(20(25)14-17)26-24(29)19-15-30-21-11-8-7-10-18(19)21/h3,5,7-8,10-11,15-17,20,23H,4,6,9,12-14H2,1-2H3,(H,26,29)(H,27,28)/b5-3-/t16-,17+,20+,23+/m0/s1. The molecule has 0 aliphatic heterocycles. The molecule has 3 fully saturated rings. The largest absolute Gasteiger partial charge is 0.481 e. The van der Waals surface area contributed by atoms with Crippen molar-refractivity contribution in [3.05, 3.63) is 47.4 Å². The Morgan fingerprint density at radius 3 is 2.80 bits per heavy atom. The molecule has 5 heteroatoms. The Kier molecular flexibility index (Phi) is 6.01. The number of benzene rings is 1. The minimum Gasteiger partial charge on any atom is -0.481 e. The van der Waals surface area contributed by atoms with E-state index in [1.54, 1.807) is 11.3 Å². The van der Waals surface area contributed by atoms with E-state index in [9.17, 15) is 9.59 Å². The van der Waals surface area contributed by atoms with E-state index in [4.69, 9.17) is 5.11 Å². The number of carboxylic acids is 1. The maximum absolute atomic E-state index is 13.2. The Morgan fingerprint density at radius 2 is 2.03 bits per heavy atom. The predicted molar refractivity (Wildman–Crippen MR) is 122 cm³/mol. The number of thiophene rings is 1. The number of carbonyl (C=O) groups excluding carboxylic acids is 1. The lowest BCUT2D eigenvalue weighted by Crippen LogP contribution is -2.63. The van der Waals surface area contributed by atoms with E-state index in [0.29, 0.717) is 18.3 Å². The third kappa shape index (κ3) is 4.04. The van der Waals surface area contributed by atoms with Crippen molar-refractivity contribution in [2.24, 2.45) is 23.2 Å². The smallest absolute Gasteiger partial charge is 0.303 e. The molecule has 0 radical (unpaired) electrons. The van der Waals surface area contributed by atoms with Crippen molar-refractivity contribution < 1.29 is 14.7 Å². The first-order chi connectivity index (χ1) is 14.4. The second-order valence-electron chi connectivity index (χ2n) is 9.49. The van der Waals surface area contributed by atoms with Crippen LogP contribution >= 0.6 is 11.3 Å². The molecule has 30 heavy (non-hydrogen) atoms. The second kappa shape index (κ2) is 8.54. The van der Waals surface area contributed by atoms with Crippen LogP contribution in [0.1, 0.15) is 62.7 Å². The Bertz CT molecular complexity index is 960. The highest BCUT2D eigenvalue weighted by Gasteiger charge is 2.57. The average molecular weight is 426 g/mol. The van der Waals surface area contributed by atoms with Gasteiger partial charge in [0.05, 0.1) is 5.56 Å². The van der Waals surface area contributed by atoms with E-state index < -0.39 is 5.97 Å². The van der Waals surface area contributed by atoms with Crippen LogP contribution in [-0.2, 0) is 4.79 Å². The Labute approximate surface area is 182 Å². The van der Waals surface area contributed by atoms with Crippen molar-refractivity contribution in [3.8, 4) is 0 Å². The number of carbonyl (C=O) groups is 2. The molecule has 2 aromatic rings. The summed E-state index contributed by atoms with van der Waals surface area (Å²) in [5.41, 5.74) is 1.08. The van der Waals surface area contributed by atoms with Crippen LogP contribution in [0.15, 0.2) is 41.8 Å². The molecule has 1 heterocycles. The molecule has 4 nitrogen and oxygen atoms in total. The Hall–Kier alpha value is -2.14. The van der Waals surface area contributed by atoms with Gasteiger partial charge in [-0.2, -0.15) is 0 Å². The van der Waals surface area contributed by atoms with Crippen LogP contribution in [0.4, 0.5) is 0 Å². The molecule has 3 aliphatic carbocycles. The molecular weight excluding hydrogens is 394 g/mol. The van der Waals surface area contributed by atoms with Gasteiger partial charge in [0.2, 0.25) is 0 Å². The SMILES string of the molecule is CC1(C)[C@@H]2C[C@H](C/C=C\CCCC(=O)O)[C@@H](NC(=O)c3csc4ccccc34)[C@H]1C2. The maximum atomic E-state index is 13.2. The van der Waals surface area contributed by atoms with Crippen LogP contribution in [0.2, 0.25) is 0 Å². The highest BCUT2D eigenvalue weighted by molar-refractivity contribution is 7.17. The van der Waals surface area contributed by atoms with Crippen molar-refractivity contribution >= 4 is 33.3 Å². The molecular formula is C25H31NO3S. The summed E-state index contributed by atoms with van der Waals surface area (Å²) in [6.07, 6.45) is 9.32. The van der Waals surface area contributed by atoms with Gasteiger partial charge in [0.15, 0.2) is 0 Å². The normalized spacial score (nSPS) is 27.1. The molecule has 3 aliphatic rings. The zero-order valence-electron chi connectivity index (χ0n) is 17.8. The molecule has 3 saturated carbocycles. The minimum absolute atomic E-state index is 0.0500. The highest BCUT2D eigenvalue weighted by Crippen LogP contribution is 2.61. The summed E-state index contributed by atoms with van der Waals surface area (Å²) in [6.45, 7) is 4.70. The maximum Gasteiger partial charge on any atom is 0.303 e. The molecule has 5 rings (SSSR count). The Balaban J connectivity index is 1.44. The molecule has 0 unspecified atom stereocenters. The number of allylic oxidation sites excluding steroid dienone is 2. The number of aliphatic carboxylic acids is 1. The van der Waals surface area contributed by atoms with E-state index in [1.807, 2.05) is 23.6 Å². The number of amides is 1. The lowest BCUT2D eigenvalue weighted by atomic mass is 9.44. The van der Waals surface area contributed by atoms with Crippen LogP contribution in [0, 0.1) is 23.2 Å². The van der Waals surface area contributed by atoms with E-state index in [2.05, 4.69) is 37.4 Å². The summed E-state index contributed by atoms with van der Waals surface area (Å²) >= 11 is 1.63. The third-order valence-electron chi connectivity index (χ3n) is 7.47. The van der Waals surface area contributed by atoms with E-state index >= 15 is 0 Å². The van der Waals surface area contributed by atoms with E-state index in [1.165, 1.54) is 6.42 Å². The van der Waals surface area contributed by atoms with Crippen molar-refractivity contribution in [2.45, 2.75) is 58.4 Å². The topological polar surface area (TPSA) is 66.4 Å².